The van der Waals surface area contributed by atoms with E-state index in [0.29, 0.717) is 0 Å². The third-order valence-electron chi connectivity index (χ3n) is 10.5. The number of aromatic nitrogens is 2. The Kier molecular flexibility index (Phi) is 5.37. The van der Waals surface area contributed by atoms with E-state index in [1.807, 2.05) is 0 Å². The molecule has 0 radical (unpaired) electrons. The van der Waals surface area contributed by atoms with Crippen molar-refractivity contribution < 1.29 is 0 Å². The molecule has 0 saturated carbocycles. The maximum absolute atomic E-state index is 2.47. The summed E-state index contributed by atoms with van der Waals surface area (Å²) in [6, 6.07) is 58.1. The lowest BCUT2D eigenvalue weighted by Gasteiger charge is -2.21. The Bertz CT molecular complexity index is 2680. The van der Waals surface area contributed by atoms with Crippen LogP contribution in [-0.4, -0.2) is 9.13 Å². The predicted molar refractivity (Wildman–Crippen MR) is 198 cm³/mol. The summed E-state index contributed by atoms with van der Waals surface area (Å²) in [6.07, 6.45) is 0. The van der Waals surface area contributed by atoms with E-state index < -0.39 is 0 Å². The summed E-state index contributed by atoms with van der Waals surface area (Å²) in [7, 11) is 0. The molecule has 2 heteroatoms. The van der Waals surface area contributed by atoms with E-state index in [-0.39, 0.29) is 5.41 Å². The van der Waals surface area contributed by atoms with Gasteiger partial charge in [0.15, 0.2) is 0 Å². The molecule has 0 saturated heterocycles. The number of fused-ring (bicyclic) bond motifs is 9. The van der Waals surface area contributed by atoms with Crippen molar-refractivity contribution in [2.24, 2.45) is 0 Å². The van der Waals surface area contributed by atoms with Gasteiger partial charge in [-0.1, -0.05) is 123 Å². The fraction of sp³-hybridized carbons (Fsp3) is 0.0667. The van der Waals surface area contributed by atoms with Crippen LogP contribution in [0.15, 0.2) is 158 Å². The molecule has 9 aromatic rings. The Morgan fingerprint density at radius 1 is 0.362 bits per heavy atom. The first-order chi connectivity index (χ1) is 23.1. The predicted octanol–water partition coefficient (Wildman–Crippen LogP) is 11.9. The summed E-state index contributed by atoms with van der Waals surface area (Å²) in [6.45, 7) is 4.69. The van der Waals surface area contributed by atoms with Crippen molar-refractivity contribution in [3.63, 3.8) is 0 Å². The second kappa shape index (κ2) is 9.57. The van der Waals surface area contributed by atoms with Crippen LogP contribution >= 0.6 is 0 Å². The molecule has 0 fully saturated rings. The van der Waals surface area contributed by atoms with E-state index >= 15 is 0 Å². The second-order valence-electron chi connectivity index (χ2n) is 13.4. The zero-order valence-corrected chi connectivity index (χ0v) is 26.4. The molecule has 1 aliphatic rings. The molecule has 2 heterocycles. The van der Waals surface area contributed by atoms with Gasteiger partial charge < -0.3 is 9.13 Å². The van der Waals surface area contributed by atoms with Crippen LogP contribution in [0.25, 0.3) is 77.2 Å². The summed E-state index contributed by atoms with van der Waals surface area (Å²) < 4.78 is 4.90. The van der Waals surface area contributed by atoms with E-state index in [4.69, 9.17) is 0 Å². The molecular formula is C45H32N2. The van der Waals surface area contributed by atoms with Crippen molar-refractivity contribution in [1.29, 1.82) is 0 Å². The first-order valence-electron chi connectivity index (χ1n) is 16.4. The van der Waals surface area contributed by atoms with Crippen LogP contribution in [-0.2, 0) is 5.41 Å². The smallest absolute Gasteiger partial charge is 0.0548 e. The Labute approximate surface area is 273 Å². The van der Waals surface area contributed by atoms with Crippen LogP contribution in [0.5, 0.6) is 0 Å². The van der Waals surface area contributed by atoms with Crippen molar-refractivity contribution in [2.75, 3.05) is 0 Å². The highest BCUT2D eigenvalue weighted by Crippen LogP contribution is 2.49. The number of rotatable bonds is 3. The highest BCUT2D eigenvalue weighted by Gasteiger charge is 2.35. The van der Waals surface area contributed by atoms with Gasteiger partial charge in [-0.3, -0.25) is 0 Å². The van der Waals surface area contributed by atoms with E-state index in [9.17, 15) is 0 Å². The van der Waals surface area contributed by atoms with Crippen LogP contribution in [0.4, 0.5) is 0 Å². The number of benzene rings is 7. The highest BCUT2D eigenvalue weighted by molar-refractivity contribution is 6.19. The van der Waals surface area contributed by atoms with Crippen molar-refractivity contribution in [3.8, 4) is 33.6 Å². The molecule has 0 unspecified atom stereocenters. The molecule has 2 nitrogen and oxygen atoms in total. The molecular weight excluding hydrogens is 569 g/mol. The number of hydrogen-bond acceptors (Lipinski definition) is 0. The van der Waals surface area contributed by atoms with Crippen LogP contribution in [0, 0.1) is 0 Å². The maximum atomic E-state index is 2.47. The van der Waals surface area contributed by atoms with Crippen molar-refractivity contribution >= 4 is 43.6 Å². The first-order valence-corrected chi connectivity index (χ1v) is 16.4. The minimum absolute atomic E-state index is 0.0153. The van der Waals surface area contributed by atoms with E-state index in [1.165, 1.54) is 88.4 Å². The quantitative estimate of drug-likeness (QED) is 0.191. The summed E-state index contributed by atoms with van der Waals surface area (Å²) in [5, 5.41) is 5.05. The largest absolute Gasteiger partial charge is 0.309 e. The summed E-state index contributed by atoms with van der Waals surface area (Å²) in [5.41, 5.74) is 15.2. The molecule has 7 aromatic carbocycles. The number of para-hydroxylation sites is 2. The molecule has 2 aromatic heterocycles. The fourth-order valence-corrected chi connectivity index (χ4v) is 8.27. The van der Waals surface area contributed by atoms with Crippen LogP contribution in [0.2, 0.25) is 0 Å². The molecule has 1 aliphatic carbocycles. The van der Waals surface area contributed by atoms with E-state index in [2.05, 4.69) is 181 Å². The Morgan fingerprint density at radius 2 is 0.872 bits per heavy atom. The van der Waals surface area contributed by atoms with E-state index in [0.717, 1.165) is 0 Å². The molecule has 47 heavy (non-hydrogen) atoms. The Hall–Kier alpha value is -5.86. The molecule has 10 rings (SSSR count). The Morgan fingerprint density at radius 3 is 1.55 bits per heavy atom. The lowest BCUT2D eigenvalue weighted by Crippen LogP contribution is -2.14. The minimum Gasteiger partial charge on any atom is -0.309 e. The van der Waals surface area contributed by atoms with Gasteiger partial charge in [0, 0.05) is 38.3 Å². The molecule has 0 N–H and O–H groups in total. The summed E-state index contributed by atoms with van der Waals surface area (Å²) >= 11 is 0. The van der Waals surface area contributed by atoms with E-state index in [1.54, 1.807) is 0 Å². The van der Waals surface area contributed by atoms with Gasteiger partial charge in [0.2, 0.25) is 0 Å². The van der Waals surface area contributed by atoms with Crippen molar-refractivity contribution in [3.05, 3.63) is 169 Å². The summed E-state index contributed by atoms with van der Waals surface area (Å²) in [4.78, 5) is 0. The van der Waals surface area contributed by atoms with Crippen LogP contribution < -0.4 is 0 Å². The first kappa shape index (κ1) is 26.4. The van der Waals surface area contributed by atoms with Crippen LogP contribution in [0.1, 0.15) is 25.0 Å². The summed E-state index contributed by atoms with van der Waals surface area (Å²) in [5.74, 6) is 0. The average Bonchev–Trinajstić information content (AvgIpc) is 3.70. The second-order valence-corrected chi connectivity index (χ2v) is 13.4. The highest BCUT2D eigenvalue weighted by atomic mass is 15.0. The fourth-order valence-electron chi connectivity index (χ4n) is 8.27. The third kappa shape index (κ3) is 3.67. The lowest BCUT2D eigenvalue weighted by atomic mass is 9.82. The number of nitrogens with zero attached hydrogens (tertiary/aromatic N) is 2. The van der Waals surface area contributed by atoms with Gasteiger partial charge in [-0.15, -0.1) is 0 Å². The zero-order chi connectivity index (χ0) is 31.3. The van der Waals surface area contributed by atoms with Gasteiger partial charge in [-0.25, -0.2) is 0 Å². The van der Waals surface area contributed by atoms with Crippen LogP contribution in [0.3, 0.4) is 0 Å². The van der Waals surface area contributed by atoms with Gasteiger partial charge in [0.1, 0.15) is 0 Å². The lowest BCUT2D eigenvalue weighted by molar-refractivity contribution is 0.660. The topological polar surface area (TPSA) is 9.86 Å². The number of hydrogen-bond donors (Lipinski definition) is 0. The average molecular weight is 601 g/mol. The minimum atomic E-state index is -0.0153. The molecule has 0 bridgehead atoms. The molecule has 0 aliphatic heterocycles. The molecule has 0 amide bonds. The SMILES string of the molecule is CC1(C)c2ccccc2-c2cc(-n3c4ccccc4c4cc5c(cc43)c3ccccc3n5-c3ccc(-c4ccccc4)cc3)ccc21. The van der Waals surface area contributed by atoms with Gasteiger partial charge in [-0.2, -0.15) is 0 Å². The van der Waals surface area contributed by atoms with Gasteiger partial charge >= 0.3 is 0 Å². The standard InChI is InChI=1S/C45H32N2/c1-45(2)39-17-9-6-14-33(39)36-26-32(24-25-40(36)45)47-42-19-11-8-16-35(42)38-27-43-37(28-44(38)47)34-15-7-10-18-41(34)46(43)31-22-20-30(21-23-31)29-12-4-3-5-13-29/h3-28H,1-2H3. The third-order valence-corrected chi connectivity index (χ3v) is 10.5. The molecule has 0 spiro atoms. The van der Waals surface area contributed by atoms with Gasteiger partial charge in [0.05, 0.1) is 22.1 Å². The normalized spacial score (nSPS) is 13.5. The molecule has 222 valence electrons. The van der Waals surface area contributed by atoms with Gasteiger partial charge in [-0.05, 0) is 81.9 Å². The maximum Gasteiger partial charge on any atom is 0.0548 e. The zero-order valence-electron chi connectivity index (χ0n) is 26.4. The monoisotopic (exact) mass is 600 g/mol. The Balaban J connectivity index is 1.23. The van der Waals surface area contributed by atoms with Crippen molar-refractivity contribution in [1.82, 2.24) is 9.13 Å². The molecule has 0 atom stereocenters. The van der Waals surface area contributed by atoms with Gasteiger partial charge in [0.25, 0.3) is 0 Å². The van der Waals surface area contributed by atoms with Crippen molar-refractivity contribution in [2.45, 2.75) is 19.3 Å².